The third kappa shape index (κ3) is 3.99. The quantitative estimate of drug-likeness (QED) is 0.765. The number of aromatic nitrogens is 2. The Hall–Kier alpha value is -1.69. The average molecular weight is 237 g/mol. The number of anilines is 1. The second-order valence-corrected chi connectivity index (χ2v) is 4.08. The summed E-state index contributed by atoms with van der Waals surface area (Å²) < 4.78 is 0. The van der Waals surface area contributed by atoms with Gasteiger partial charge in [-0.2, -0.15) is 0 Å². The van der Waals surface area contributed by atoms with Crippen molar-refractivity contribution in [1.29, 1.82) is 0 Å². The topological polar surface area (TPSA) is 70.2 Å². The molecular weight excluding hydrogens is 218 g/mol. The molecule has 1 atom stereocenters. The molecule has 0 aliphatic carbocycles. The Kier molecular flexibility index (Phi) is 4.84. The van der Waals surface area contributed by atoms with Gasteiger partial charge in [0.25, 0.3) is 5.91 Å². The van der Waals surface area contributed by atoms with Gasteiger partial charge < -0.3 is 15.5 Å². The van der Waals surface area contributed by atoms with Gasteiger partial charge in [-0.05, 0) is 33.2 Å². The lowest BCUT2D eigenvalue weighted by molar-refractivity contribution is 0.0957. The first-order valence-electron chi connectivity index (χ1n) is 5.50. The molecular formula is C11H19N5O. The highest BCUT2D eigenvalue weighted by molar-refractivity contribution is 5.91. The van der Waals surface area contributed by atoms with Gasteiger partial charge in [-0.25, -0.2) is 0 Å². The number of rotatable bonds is 5. The van der Waals surface area contributed by atoms with Crippen molar-refractivity contribution in [2.45, 2.75) is 13.0 Å². The summed E-state index contributed by atoms with van der Waals surface area (Å²) in [5.74, 6) is 0.442. The average Bonchev–Trinajstić information content (AvgIpc) is 2.35. The van der Waals surface area contributed by atoms with E-state index in [2.05, 4.69) is 32.7 Å². The maximum absolute atomic E-state index is 11.2. The fourth-order valence-electron chi connectivity index (χ4n) is 1.11. The molecule has 17 heavy (non-hydrogen) atoms. The fraction of sp³-hybridized carbons (Fsp3) is 0.545. The maximum atomic E-state index is 11.2. The van der Waals surface area contributed by atoms with Gasteiger partial charge in [-0.1, -0.05) is 0 Å². The molecule has 0 spiro atoms. The number of nitrogens with zero attached hydrogens (tertiary/aromatic N) is 3. The number of amides is 1. The van der Waals surface area contributed by atoms with Crippen molar-refractivity contribution in [2.75, 3.05) is 33.0 Å². The van der Waals surface area contributed by atoms with E-state index < -0.39 is 0 Å². The van der Waals surface area contributed by atoms with Crippen molar-refractivity contribution in [3.05, 3.63) is 17.8 Å². The second kappa shape index (κ2) is 6.15. The smallest absolute Gasteiger partial charge is 0.271 e. The lowest BCUT2D eigenvalue weighted by Crippen LogP contribution is -2.31. The lowest BCUT2D eigenvalue weighted by Gasteiger charge is -2.20. The van der Waals surface area contributed by atoms with Gasteiger partial charge in [0.2, 0.25) is 0 Å². The molecule has 1 rings (SSSR count). The molecule has 0 aromatic carbocycles. The molecule has 0 aliphatic rings. The summed E-state index contributed by atoms with van der Waals surface area (Å²) in [7, 11) is 5.61. The van der Waals surface area contributed by atoms with Crippen LogP contribution in [0.25, 0.3) is 0 Å². The fourth-order valence-corrected chi connectivity index (χ4v) is 1.11. The number of nitrogens with one attached hydrogen (secondary N) is 2. The van der Waals surface area contributed by atoms with Crippen molar-refractivity contribution in [3.63, 3.8) is 0 Å². The van der Waals surface area contributed by atoms with Crippen LogP contribution in [0.4, 0.5) is 5.82 Å². The second-order valence-electron chi connectivity index (χ2n) is 4.08. The molecule has 0 radical (unpaired) electrons. The van der Waals surface area contributed by atoms with E-state index in [9.17, 15) is 4.79 Å². The molecule has 0 bridgehead atoms. The summed E-state index contributed by atoms with van der Waals surface area (Å²) in [6.07, 6.45) is 0. The van der Waals surface area contributed by atoms with E-state index in [4.69, 9.17) is 0 Å². The van der Waals surface area contributed by atoms with Crippen LogP contribution in [-0.4, -0.2) is 54.7 Å². The number of hydrogen-bond acceptors (Lipinski definition) is 5. The zero-order chi connectivity index (χ0) is 12.8. The minimum absolute atomic E-state index is 0.231. The summed E-state index contributed by atoms with van der Waals surface area (Å²) in [6, 6.07) is 3.80. The van der Waals surface area contributed by atoms with Crippen LogP contribution in [0.2, 0.25) is 0 Å². The SMILES string of the molecule is CNC(=O)c1ccc(NCC(C)N(C)C)nn1. The van der Waals surface area contributed by atoms with Gasteiger partial charge in [0, 0.05) is 19.6 Å². The molecule has 1 aromatic rings. The summed E-state index contributed by atoms with van der Waals surface area (Å²) >= 11 is 0. The van der Waals surface area contributed by atoms with Crippen molar-refractivity contribution < 1.29 is 4.79 Å². The van der Waals surface area contributed by atoms with E-state index in [1.807, 2.05) is 14.1 Å². The maximum Gasteiger partial charge on any atom is 0.271 e. The molecule has 0 aliphatic heterocycles. The monoisotopic (exact) mass is 237 g/mol. The van der Waals surface area contributed by atoms with Gasteiger partial charge in [0.15, 0.2) is 5.69 Å². The summed E-state index contributed by atoms with van der Waals surface area (Å²) in [5.41, 5.74) is 0.318. The van der Waals surface area contributed by atoms with Gasteiger partial charge in [0.05, 0.1) is 0 Å². The predicted octanol–water partition coefficient (Wildman–Crippen LogP) is 0.198. The molecule has 1 heterocycles. The minimum atomic E-state index is -0.231. The highest BCUT2D eigenvalue weighted by Crippen LogP contribution is 2.03. The molecule has 0 saturated heterocycles. The Bertz CT molecular complexity index is 363. The van der Waals surface area contributed by atoms with Crippen LogP contribution < -0.4 is 10.6 Å². The summed E-state index contributed by atoms with van der Waals surface area (Å²) in [4.78, 5) is 13.3. The van der Waals surface area contributed by atoms with Crippen LogP contribution in [0.15, 0.2) is 12.1 Å². The molecule has 0 saturated carbocycles. The molecule has 1 unspecified atom stereocenters. The molecule has 1 aromatic heterocycles. The molecule has 0 fully saturated rings. The minimum Gasteiger partial charge on any atom is -0.367 e. The molecule has 6 nitrogen and oxygen atoms in total. The van der Waals surface area contributed by atoms with Gasteiger partial charge >= 0.3 is 0 Å². The van der Waals surface area contributed by atoms with Crippen molar-refractivity contribution >= 4 is 11.7 Å². The largest absolute Gasteiger partial charge is 0.367 e. The molecule has 94 valence electrons. The highest BCUT2D eigenvalue weighted by atomic mass is 16.1. The normalized spacial score (nSPS) is 12.3. The summed E-state index contributed by atoms with van der Waals surface area (Å²) in [5, 5.41) is 13.4. The molecule has 1 amide bonds. The van der Waals surface area contributed by atoms with Crippen molar-refractivity contribution in [3.8, 4) is 0 Å². The van der Waals surface area contributed by atoms with E-state index in [-0.39, 0.29) is 5.91 Å². The number of likely N-dealkylation sites (N-methyl/N-ethyl adjacent to an activating group) is 1. The van der Waals surface area contributed by atoms with Crippen molar-refractivity contribution in [1.82, 2.24) is 20.4 Å². The molecule has 2 N–H and O–H groups in total. The standard InChI is InChI=1S/C11H19N5O/c1-8(16(3)4)7-13-10-6-5-9(14-15-10)11(17)12-2/h5-6,8H,7H2,1-4H3,(H,12,17)(H,13,15). The predicted molar refractivity (Wildman–Crippen MR) is 67.1 cm³/mol. The lowest BCUT2D eigenvalue weighted by atomic mass is 10.3. The van der Waals surface area contributed by atoms with Crippen LogP contribution in [-0.2, 0) is 0 Å². The first-order chi connectivity index (χ1) is 8.04. The van der Waals surface area contributed by atoms with E-state index in [1.54, 1.807) is 19.2 Å². The zero-order valence-corrected chi connectivity index (χ0v) is 10.7. The van der Waals surface area contributed by atoms with Crippen LogP contribution in [0.5, 0.6) is 0 Å². The number of carbonyl (C=O) groups excluding carboxylic acids is 1. The van der Waals surface area contributed by atoms with Gasteiger partial charge in [-0.3, -0.25) is 4.79 Å². The van der Waals surface area contributed by atoms with E-state index in [0.717, 1.165) is 6.54 Å². The van der Waals surface area contributed by atoms with E-state index >= 15 is 0 Å². The van der Waals surface area contributed by atoms with Crippen LogP contribution in [0.1, 0.15) is 17.4 Å². The van der Waals surface area contributed by atoms with E-state index in [1.165, 1.54) is 0 Å². The zero-order valence-electron chi connectivity index (χ0n) is 10.7. The Balaban J connectivity index is 2.54. The van der Waals surface area contributed by atoms with Gasteiger partial charge in [0.1, 0.15) is 5.82 Å². The Morgan fingerprint density at radius 2 is 2.12 bits per heavy atom. The Morgan fingerprint density at radius 3 is 2.59 bits per heavy atom. The highest BCUT2D eigenvalue weighted by Gasteiger charge is 2.07. The third-order valence-corrected chi connectivity index (χ3v) is 2.58. The van der Waals surface area contributed by atoms with Crippen LogP contribution in [0.3, 0.4) is 0 Å². The van der Waals surface area contributed by atoms with E-state index in [0.29, 0.717) is 17.6 Å². The van der Waals surface area contributed by atoms with Crippen molar-refractivity contribution in [2.24, 2.45) is 0 Å². The van der Waals surface area contributed by atoms with Crippen LogP contribution >= 0.6 is 0 Å². The Morgan fingerprint density at radius 1 is 1.41 bits per heavy atom. The van der Waals surface area contributed by atoms with Gasteiger partial charge in [-0.15, -0.1) is 10.2 Å². The first kappa shape index (κ1) is 13.4. The number of carbonyl (C=O) groups is 1. The molecule has 6 heteroatoms. The Labute approximate surface area is 101 Å². The van der Waals surface area contributed by atoms with Crippen LogP contribution in [0, 0.1) is 0 Å². The number of hydrogen-bond donors (Lipinski definition) is 2. The third-order valence-electron chi connectivity index (χ3n) is 2.58. The first-order valence-corrected chi connectivity index (χ1v) is 5.50. The summed E-state index contributed by atoms with van der Waals surface area (Å²) in [6.45, 7) is 2.89.